The predicted molar refractivity (Wildman–Crippen MR) is 96.3 cm³/mol. The summed E-state index contributed by atoms with van der Waals surface area (Å²) in [6, 6.07) is 3.85. The topological polar surface area (TPSA) is 120 Å². The molecule has 0 saturated carbocycles. The van der Waals surface area contributed by atoms with Crippen LogP contribution in [0.3, 0.4) is 0 Å². The van der Waals surface area contributed by atoms with Crippen molar-refractivity contribution in [3.8, 4) is 11.6 Å². The number of nitrogens with two attached hydrogens (primary N) is 1. The third kappa shape index (κ3) is 3.53. The molecule has 0 aliphatic rings. The number of aryl methyl sites for hydroxylation is 1. The number of aromatic nitrogens is 4. The number of rotatable bonds is 5. The summed E-state index contributed by atoms with van der Waals surface area (Å²) in [5, 5.41) is 2.88. The fraction of sp³-hybridized carbons (Fsp3) is 0.278. The van der Waals surface area contributed by atoms with Crippen LogP contribution >= 0.6 is 0 Å². The Morgan fingerprint density at radius 3 is 2.62 bits per heavy atom. The second kappa shape index (κ2) is 6.91. The summed E-state index contributed by atoms with van der Waals surface area (Å²) in [5.74, 6) is -0.0327. The molecule has 134 valence electrons. The van der Waals surface area contributed by atoms with Gasteiger partial charge in [-0.3, -0.25) is 9.78 Å². The zero-order valence-corrected chi connectivity index (χ0v) is 14.9. The van der Waals surface area contributed by atoms with E-state index in [-0.39, 0.29) is 22.8 Å². The molecule has 0 aromatic carbocycles. The van der Waals surface area contributed by atoms with Crippen LogP contribution in [-0.4, -0.2) is 32.4 Å². The maximum Gasteiger partial charge on any atom is 0.273 e. The monoisotopic (exact) mass is 352 g/mol. The normalized spacial score (nSPS) is 11.3. The molecular weight excluding hydrogens is 332 g/mol. The van der Waals surface area contributed by atoms with Crippen LogP contribution in [0.2, 0.25) is 0 Å². The van der Waals surface area contributed by atoms with Gasteiger partial charge in [-0.2, -0.15) is 0 Å². The largest absolute Gasteiger partial charge is 0.443 e. The summed E-state index contributed by atoms with van der Waals surface area (Å²) in [6.45, 7) is 6.21. The van der Waals surface area contributed by atoms with Gasteiger partial charge in [-0.1, -0.05) is 13.8 Å². The van der Waals surface area contributed by atoms with Gasteiger partial charge in [0, 0.05) is 24.4 Å². The van der Waals surface area contributed by atoms with Crippen LogP contribution in [0.5, 0.6) is 0 Å². The fourth-order valence-electron chi connectivity index (χ4n) is 2.53. The van der Waals surface area contributed by atoms with Gasteiger partial charge in [-0.25, -0.2) is 15.0 Å². The van der Waals surface area contributed by atoms with Crippen LogP contribution in [0.15, 0.2) is 41.4 Å². The van der Waals surface area contributed by atoms with Crippen molar-refractivity contribution >= 4 is 11.7 Å². The van der Waals surface area contributed by atoms with Crippen LogP contribution in [0.4, 0.5) is 5.82 Å². The molecule has 3 heterocycles. The molecule has 3 aromatic rings. The number of pyridine rings is 1. The van der Waals surface area contributed by atoms with E-state index in [2.05, 4.69) is 25.3 Å². The van der Waals surface area contributed by atoms with Crippen LogP contribution in [0, 0.1) is 6.92 Å². The van der Waals surface area contributed by atoms with Gasteiger partial charge in [0.05, 0.1) is 11.9 Å². The number of carbonyl (C=O) groups is 1. The summed E-state index contributed by atoms with van der Waals surface area (Å²) in [7, 11) is 0. The van der Waals surface area contributed by atoms with Gasteiger partial charge in [-0.15, -0.1) is 0 Å². The van der Waals surface area contributed by atoms with Gasteiger partial charge in [0.15, 0.2) is 11.5 Å². The van der Waals surface area contributed by atoms with E-state index in [1.54, 1.807) is 19.3 Å². The van der Waals surface area contributed by atoms with E-state index in [9.17, 15) is 4.79 Å². The molecule has 8 heteroatoms. The number of hydrogen-bond acceptors (Lipinski definition) is 7. The molecule has 1 amide bonds. The minimum atomic E-state index is -0.376. The van der Waals surface area contributed by atoms with E-state index in [0.29, 0.717) is 23.8 Å². The second-order valence-corrected chi connectivity index (χ2v) is 6.53. The molecule has 8 nitrogen and oxygen atoms in total. The van der Waals surface area contributed by atoms with Gasteiger partial charge in [0.2, 0.25) is 5.89 Å². The third-order valence-corrected chi connectivity index (χ3v) is 4.10. The maximum atomic E-state index is 12.5. The van der Waals surface area contributed by atoms with E-state index < -0.39 is 0 Å². The molecule has 0 radical (unpaired) electrons. The van der Waals surface area contributed by atoms with E-state index in [1.807, 2.05) is 26.0 Å². The first kappa shape index (κ1) is 17.5. The molecule has 0 bridgehead atoms. The van der Waals surface area contributed by atoms with E-state index in [4.69, 9.17) is 10.2 Å². The summed E-state index contributed by atoms with van der Waals surface area (Å²) in [5.41, 5.74) is 7.76. The number of carbonyl (C=O) groups excluding carboxylic acids is 1. The van der Waals surface area contributed by atoms with Gasteiger partial charge >= 0.3 is 0 Å². The molecule has 26 heavy (non-hydrogen) atoms. The average Bonchev–Trinajstić information content (AvgIpc) is 3.16. The highest BCUT2D eigenvalue weighted by Gasteiger charge is 2.24. The second-order valence-electron chi connectivity index (χ2n) is 6.53. The van der Waals surface area contributed by atoms with E-state index >= 15 is 0 Å². The molecule has 3 aromatic heterocycles. The zero-order valence-electron chi connectivity index (χ0n) is 14.9. The lowest BCUT2D eigenvalue weighted by atomic mass is 9.85. The van der Waals surface area contributed by atoms with Crippen molar-refractivity contribution in [1.29, 1.82) is 0 Å². The summed E-state index contributed by atoms with van der Waals surface area (Å²) >= 11 is 0. The van der Waals surface area contributed by atoms with Crippen LogP contribution in [0.25, 0.3) is 11.6 Å². The van der Waals surface area contributed by atoms with Crippen LogP contribution < -0.4 is 11.1 Å². The lowest BCUT2D eigenvalue weighted by molar-refractivity contribution is 0.0941. The molecule has 0 atom stereocenters. The zero-order chi connectivity index (χ0) is 18.7. The minimum Gasteiger partial charge on any atom is -0.443 e. The molecule has 0 fully saturated rings. The highest BCUT2D eigenvalue weighted by molar-refractivity contribution is 5.96. The molecule has 0 spiro atoms. The van der Waals surface area contributed by atoms with Gasteiger partial charge in [0.25, 0.3) is 5.91 Å². The number of hydrogen-bond donors (Lipinski definition) is 2. The highest BCUT2D eigenvalue weighted by atomic mass is 16.3. The van der Waals surface area contributed by atoms with Crippen LogP contribution in [0.1, 0.15) is 35.6 Å². The fourth-order valence-corrected chi connectivity index (χ4v) is 2.53. The smallest absolute Gasteiger partial charge is 0.273 e. The Balaban J connectivity index is 1.77. The molecule has 3 N–H and O–H groups in total. The molecule has 0 aliphatic heterocycles. The first-order valence-corrected chi connectivity index (χ1v) is 8.11. The first-order chi connectivity index (χ1) is 12.4. The van der Waals surface area contributed by atoms with Crippen LogP contribution in [-0.2, 0) is 5.41 Å². The van der Waals surface area contributed by atoms with Crippen molar-refractivity contribution in [3.05, 3.63) is 53.9 Å². The number of anilines is 1. The number of oxazole rings is 1. The summed E-state index contributed by atoms with van der Waals surface area (Å²) < 4.78 is 5.22. The first-order valence-electron chi connectivity index (χ1n) is 8.11. The highest BCUT2D eigenvalue weighted by Crippen LogP contribution is 2.23. The SMILES string of the molecule is Cc1nc(C(=O)NCC(C)(C)c2ccncc2)c(N)nc1-c1ncco1. The Bertz CT molecular complexity index is 907. The van der Waals surface area contributed by atoms with Crippen molar-refractivity contribution in [2.24, 2.45) is 0 Å². The van der Waals surface area contributed by atoms with Crippen molar-refractivity contribution in [3.63, 3.8) is 0 Å². The minimum absolute atomic E-state index is 0.0306. The van der Waals surface area contributed by atoms with Gasteiger partial charge < -0.3 is 15.5 Å². The standard InChI is InChI=1S/C18H20N6O2/c1-11-13(17-21-8-9-26-17)24-15(19)14(23-11)16(25)22-10-18(2,3)12-4-6-20-7-5-12/h4-9H,10H2,1-3H3,(H2,19,24)(H,22,25). The lowest BCUT2D eigenvalue weighted by Gasteiger charge is -2.25. The number of nitrogens with one attached hydrogen (secondary N) is 1. The van der Waals surface area contributed by atoms with Crippen molar-refractivity contribution in [2.75, 3.05) is 12.3 Å². The number of nitrogen functional groups attached to an aromatic ring is 1. The predicted octanol–water partition coefficient (Wildman–Crippen LogP) is 2.12. The van der Waals surface area contributed by atoms with Crippen molar-refractivity contribution in [2.45, 2.75) is 26.2 Å². The third-order valence-electron chi connectivity index (χ3n) is 4.10. The number of amides is 1. The van der Waals surface area contributed by atoms with Crippen molar-refractivity contribution in [1.82, 2.24) is 25.3 Å². The number of nitrogens with zero attached hydrogens (tertiary/aromatic N) is 4. The van der Waals surface area contributed by atoms with E-state index in [1.165, 1.54) is 12.5 Å². The Hall–Kier alpha value is -3.29. The maximum absolute atomic E-state index is 12.5. The molecule has 0 unspecified atom stereocenters. The summed E-state index contributed by atoms with van der Waals surface area (Å²) in [6.07, 6.45) is 6.41. The van der Waals surface area contributed by atoms with Gasteiger partial charge in [-0.05, 0) is 24.6 Å². The molecule has 0 saturated heterocycles. The molecule has 0 aliphatic carbocycles. The Morgan fingerprint density at radius 2 is 1.96 bits per heavy atom. The molecular formula is C18H20N6O2. The summed E-state index contributed by atoms with van der Waals surface area (Å²) in [4.78, 5) is 29.1. The molecule has 3 rings (SSSR count). The Labute approximate surface area is 150 Å². The van der Waals surface area contributed by atoms with E-state index in [0.717, 1.165) is 5.56 Å². The lowest BCUT2D eigenvalue weighted by Crippen LogP contribution is -2.37. The van der Waals surface area contributed by atoms with Gasteiger partial charge in [0.1, 0.15) is 12.0 Å². The average molecular weight is 352 g/mol. The Morgan fingerprint density at radius 1 is 1.23 bits per heavy atom. The quantitative estimate of drug-likeness (QED) is 0.721. The Kier molecular flexibility index (Phi) is 4.66. The van der Waals surface area contributed by atoms with Crippen molar-refractivity contribution < 1.29 is 9.21 Å².